The molecule has 2 aliphatic rings. The maximum atomic E-state index is 14.5. The number of carbonyl (C=O) groups is 3. The fraction of sp³-hybridized carbons (Fsp3) is 0.259. The largest absolute Gasteiger partial charge is 0.546 e. The van der Waals surface area contributed by atoms with Crippen molar-refractivity contribution in [2.45, 2.75) is 38.8 Å². The minimum Gasteiger partial charge on any atom is -0.345 e. The highest BCUT2D eigenvalue weighted by Crippen LogP contribution is 2.41. The van der Waals surface area contributed by atoms with E-state index in [-0.39, 0.29) is 35.9 Å². The average molecular weight is 604 g/mol. The summed E-state index contributed by atoms with van der Waals surface area (Å²) in [6, 6.07) is 3.30. The summed E-state index contributed by atoms with van der Waals surface area (Å²) in [7, 11) is 0. The van der Waals surface area contributed by atoms with E-state index in [1.54, 1.807) is 19.3 Å². The molecule has 0 aromatic carbocycles. The second-order valence-electron chi connectivity index (χ2n) is 10.2. The van der Waals surface area contributed by atoms with E-state index in [2.05, 4.69) is 25.7 Å². The van der Waals surface area contributed by atoms with Crippen molar-refractivity contribution in [1.82, 2.24) is 39.1 Å². The summed E-state index contributed by atoms with van der Waals surface area (Å²) in [6.45, 7) is 2.16. The van der Waals surface area contributed by atoms with Crippen LogP contribution in [0.1, 0.15) is 53.1 Å². The highest BCUT2D eigenvalue weighted by Gasteiger charge is 2.43. The number of halogens is 2. The molecule has 3 amide bonds. The van der Waals surface area contributed by atoms with Crippen molar-refractivity contribution in [2.75, 3.05) is 6.54 Å². The Morgan fingerprint density at radius 2 is 2.02 bits per heavy atom. The van der Waals surface area contributed by atoms with E-state index in [1.807, 2.05) is 16.7 Å². The van der Waals surface area contributed by atoms with Crippen LogP contribution < -0.4 is 5.32 Å². The van der Waals surface area contributed by atoms with Crippen molar-refractivity contribution in [3.63, 3.8) is 0 Å². The number of hydrogen-bond donors (Lipinski definition) is 1. The maximum Gasteiger partial charge on any atom is 0.546 e. The molecule has 0 radical (unpaired) electrons. The lowest BCUT2D eigenvalue weighted by atomic mass is 10.1. The fourth-order valence-electron chi connectivity index (χ4n) is 4.99. The van der Waals surface area contributed by atoms with E-state index >= 15 is 0 Å². The monoisotopic (exact) mass is 603 g/mol. The van der Waals surface area contributed by atoms with E-state index in [9.17, 15) is 18.8 Å². The van der Waals surface area contributed by atoms with Crippen LogP contribution in [0.5, 0.6) is 0 Å². The number of pyridine rings is 2. The maximum absolute atomic E-state index is 14.5. The van der Waals surface area contributed by atoms with Gasteiger partial charge in [-0.15, -0.1) is 9.67 Å². The molecule has 1 N–H and O–H groups in total. The van der Waals surface area contributed by atoms with Gasteiger partial charge in [0.25, 0.3) is 5.91 Å². The molecular weight excluding hydrogens is 581 g/mol. The molecule has 216 valence electrons. The normalized spacial score (nSPS) is 15.3. The first-order valence-electron chi connectivity index (χ1n) is 13.5. The first-order chi connectivity index (χ1) is 20.8. The summed E-state index contributed by atoms with van der Waals surface area (Å²) >= 11 is 5.90. The lowest BCUT2D eigenvalue weighted by Crippen LogP contribution is -2.38. The lowest BCUT2D eigenvalue weighted by molar-refractivity contribution is -0.521. The molecule has 14 nitrogen and oxygen atoms in total. The molecule has 0 bridgehead atoms. The Bertz CT molecular complexity index is 2050. The van der Waals surface area contributed by atoms with E-state index in [0.717, 1.165) is 23.1 Å². The van der Waals surface area contributed by atoms with Crippen molar-refractivity contribution in [1.29, 1.82) is 0 Å². The number of nitrogens with one attached hydrogen (secondary N) is 1. The number of hydrogen-bond acceptors (Lipinski definition) is 8. The molecule has 0 unspecified atom stereocenters. The third-order valence-corrected chi connectivity index (χ3v) is 7.63. The topological polar surface area (TPSA) is 147 Å². The van der Waals surface area contributed by atoms with Crippen LogP contribution in [0.25, 0.3) is 11.2 Å². The molecule has 5 aromatic heterocycles. The van der Waals surface area contributed by atoms with Gasteiger partial charge in [-0.3, -0.25) is 4.79 Å². The Morgan fingerprint density at radius 3 is 2.81 bits per heavy atom. The second kappa shape index (κ2) is 10.3. The molecule has 43 heavy (non-hydrogen) atoms. The molecule has 16 heteroatoms. The van der Waals surface area contributed by atoms with Crippen molar-refractivity contribution < 1.29 is 28.0 Å². The van der Waals surface area contributed by atoms with Gasteiger partial charge in [0.05, 0.1) is 46.7 Å². The summed E-state index contributed by atoms with van der Waals surface area (Å²) < 4.78 is 21.6. The highest BCUT2D eigenvalue weighted by molar-refractivity contribution is 6.31. The summed E-state index contributed by atoms with van der Waals surface area (Å²) in [6.07, 6.45) is 11.7. The smallest absolute Gasteiger partial charge is 0.345 e. The number of likely N-dealkylation sites (N-methyl/N-ethyl adjacent to an activating group) is 1. The molecule has 0 spiro atoms. The number of carbonyl (C=O) groups excluding carboxylic acids is 3. The van der Waals surface area contributed by atoms with E-state index in [4.69, 9.17) is 16.6 Å². The van der Waals surface area contributed by atoms with Crippen molar-refractivity contribution in [3.05, 3.63) is 76.7 Å². The first kappa shape index (κ1) is 26.7. The van der Waals surface area contributed by atoms with Crippen molar-refractivity contribution in [3.8, 4) is 0 Å². The van der Waals surface area contributed by atoms with Crippen LogP contribution in [0.4, 0.5) is 10.1 Å². The second-order valence-corrected chi connectivity index (χ2v) is 10.6. The number of azo groups is 2. The van der Waals surface area contributed by atoms with Gasteiger partial charge in [0, 0.05) is 18.6 Å². The Morgan fingerprint density at radius 1 is 1.19 bits per heavy atom. The molecule has 6 heterocycles. The summed E-state index contributed by atoms with van der Waals surface area (Å²) in [4.78, 5) is 47.1. The van der Waals surface area contributed by atoms with Gasteiger partial charge in [-0.25, -0.2) is 28.6 Å². The Hall–Kier alpha value is -5.18. The zero-order chi connectivity index (χ0) is 29.8. The summed E-state index contributed by atoms with van der Waals surface area (Å²) in [5, 5.41) is 14.8. The first-order valence-corrected chi connectivity index (χ1v) is 13.9. The Kier molecular flexibility index (Phi) is 6.38. The number of aromatic nitrogens is 7. The predicted molar refractivity (Wildman–Crippen MR) is 147 cm³/mol. The third-order valence-electron chi connectivity index (χ3n) is 7.33. The molecule has 1 fully saturated rings. The minimum atomic E-state index is -0.713. The Balaban J connectivity index is 1.12. The number of nitrogens with zero attached hydrogens (tertiary/aromatic N) is 10. The van der Waals surface area contributed by atoms with Gasteiger partial charge in [-0.05, 0) is 43.4 Å². The molecule has 1 aliphatic carbocycles. The number of amides is 3. The molecule has 1 aliphatic heterocycles. The van der Waals surface area contributed by atoms with Gasteiger partial charge in [0.1, 0.15) is 5.52 Å². The molecule has 7 rings (SSSR count). The van der Waals surface area contributed by atoms with Crippen LogP contribution in [-0.2, 0) is 22.7 Å². The molecular formula is C27H23ClFN11O3+2. The van der Waals surface area contributed by atoms with Gasteiger partial charge < -0.3 is 14.1 Å². The van der Waals surface area contributed by atoms with E-state index < -0.39 is 23.5 Å². The summed E-state index contributed by atoms with van der Waals surface area (Å²) in [5.74, 6) is -2.19. The van der Waals surface area contributed by atoms with Gasteiger partial charge in [-0.2, -0.15) is 0 Å². The fourth-order valence-corrected chi connectivity index (χ4v) is 5.14. The van der Waals surface area contributed by atoms with Crippen LogP contribution in [0.2, 0.25) is 5.02 Å². The van der Waals surface area contributed by atoms with Crippen LogP contribution in [-0.4, -0.2) is 73.6 Å². The molecule has 5 aromatic rings. The van der Waals surface area contributed by atoms with E-state index in [1.165, 1.54) is 38.6 Å². The Labute approximate surface area is 246 Å². The standard InChI is InChI=1S/C27H22ClFN11O3/c1-2-40-27(43)26(42)39(14-32-40)21-7-16(15-3-4-15)9-37-10-17(33-24(21)37)11-38-12-20(34-35-38)25(41)30-8-19-23-22(29)18(28)5-6-36(23)13-31-19/h5-7,9-10,12-15H,2-4,8,11H2,1H3/q+1/p+1. The SMILES string of the molecule is CC[N+]1=NC=[N+](c2cc(C3CC3)cn3cc(Cn4cc(C(=O)NCc5ncn6ccc(Cl)c(F)c56)nn4)nc23)C(=O)C1=O. The van der Waals surface area contributed by atoms with Gasteiger partial charge in [-0.1, -0.05) is 16.8 Å². The zero-order valence-corrected chi connectivity index (χ0v) is 23.4. The molecule has 1 saturated carbocycles. The van der Waals surface area contributed by atoms with Crippen LogP contribution in [0.15, 0.2) is 48.4 Å². The average Bonchev–Trinajstić information content (AvgIpc) is 3.40. The molecule has 0 atom stereocenters. The molecule has 0 saturated heterocycles. The van der Waals surface area contributed by atoms with E-state index in [0.29, 0.717) is 28.6 Å². The van der Waals surface area contributed by atoms with Gasteiger partial charge in [0.15, 0.2) is 29.4 Å². The van der Waals surface area contributed by atoms with Crippen LogP contribution in [0.3, 0.4) is 0 Å². The quantitative estimate of drug-likeness (QED) is 0.212. The predicted octanol–water partition coefficient (Wildman–Crippen LogP) is 2.45. The minimum absolute atomic E-state index is 0.0429. The summed E-state index contributed by atoms with van der Waals surface area (Å²) in [5.41, 5.74) is 3.09. The van der Waals surface area contributed by atoms with Crippen LogP contribution in [0, 0.1) is 5.82 Å². The number of imidazole rings is 2. The van der Waals surface area contributed by atoms with Gasteiger partial charge in [0.2, 0.25) is 5.11 Å². The van der Waals surface area contributed by atoms with Crippen LogP contribution >= 0.6 is 11.6 Å². The van der Waals surface area contributed by atoms with Crippen molar-refractivity contribution in [2.24, 2.45) is 5.11 Å². The number of rotatable bonds is 8. The van der Waals surface area contributed by atoms with Gasteiger partial charge >= 0.3 is 18.2 Å². The van der Waals surface area contributed by atoms with Crippen molar-refractivity contribution >= 4 is 52.5 Å². The zero-order valence-electron chi connectivity index (χ0n) is 22.7. The lowest BCUT2D eigenvalue weighted by Gasteiger charge is -2.07. The number of fused-ring (bicyclic) bond motifs is 2. The highest BCUT2D eigenvalue weighted by atomic mass is 35.5. The third kappa shape index (κ3) is 4.76.